The molecule has 1 fully saturated rings. The summed E-state index contributed by atoms with van der Waals surface area (Å²) in [5.41, 5.74) is 4.45. The zero-order valence-electron chi connectivity index (χ0n) is 16.2. The Balaban J connectivity index is 1.61. The second-order valence-electron chi connectivity index (χ2n) is 7.85. The number of carbonyl (C=O) groups is 1. The smallest absolute Gasteiger partial charge is 0.223 e. The van der Waals surface area contributed by atoms with Crippen LogP contribution >= 0.6 is 0 Å². The third-order valence-electron chi connectivity index (χ3n) is 5.57. The average Bonchev–Trinajstić information content (AvgIpc) is 3.19. The third-order valence-corrected chi connectivity index (χ3v) is 5.57. The molecule has 2 aromatic rings. The maximum Gasteiger partial charge on any atom is 0.223 e. The molecule has 0 radical (unpaired) electrons. The lowest BCUT2D eigenvalue weighted by Gasteiger charge is -2.20. The summed E-state index contributed by atoms with van der Waals surface area (Å²) >= 11 is 0. The first-order valence-corrected chi connectivity index (χ1v) is 9.37. The van der Waals surface area contributed by atoms with Crippen LogP contribution in [0, 0.1) is 25.7 Å². The van der Waals surface area contributed by atoms with Gasteiger partial charge >= 0.3 is 0 Å². The molecular formula is C20H30N4O2. The number of nitrogens with one attached hydrogen (secondary N) is 1. The van der Waals surface area contributed by atoms with E-state index in [2.05, 4.69) is 34.8 Å². The highest BCUT2D eigenvalue weighted by atomic mass is 16.3. The van der Waals surface area contributed by atoms with E-state index < -0.39 is 0 Å². The van der Waals surface area contributed by atoms with E-state index in [0.717, 1.165) is 29.9 Å². The molecule has 6 nitrogen and oxygen atoms in total. The van der Waals surface area contributed by atoms with Gasteiger partial charge in [-0.3, -0.25) is 4.79 Å². The molecule has 1 aromatic carbocycles. The number of fused-ring (bicyclic) bond motifs is 1. The van der Waals surface area contributed by atoms with Crippen LogP contribution in [0.25, 0.3) is 11.0 Å². The summed E-state index contributed by atoms with van der Waals surface area (Å²) in [5.74, 6) is 1.54. The van der Waals surface area contributed by atoms with Gasteiger partial charge < -0.3 is 19.9 Å². The lowest BCUT2D eigenvalue weighted by atomic mass is 9.97. The lowest BCUT2D eigenvalue weighted by Crippen LogP contribution is -2.31. The maximum atomic E-state index is 12.6. The third kappa shape index (κ3) is 3.91. The summed E-state index contributed by atoms with van der Waals surface area (Å²) < 4.78 is 0. The van der Waals surface area contributed by atoms with Crippen molar-refractivity contribution in [3.8, 4) is 0 Å². The Morgan fingerprint density at radius 2 is 2.04 bits per heavy atom. The van der Waals surface area contributed by atoms with Crippen LogP contribution in [-0.2, 0) is 11.2 Å². The Morgan fingerprint density at radius 3 is 2.73 bits per heavy atom. The Bertz CT molecular complexity index is 783. The van der Waals surface area contributed by atoms with Gasteiger partial charge in [0.25, 0.3) is 0 Å². The van der Waals surface area contributed by atoms with Crippen molar-refractivity contribution in [2.75, 3.05) is 40.3 Å². The van der Waals surface area contributed by atoms with Gasteiger partial charge in [-0.1, -0.05) is 6.07 Å². The fourth-order valence-corrected chi connectivity index (χ4v) is 3.89. The topological polar surface area (TPSA) is 72.5 Å². The van der Waals surface area contributed by atoms with Gasteiger partial charge in [0, 0.05) is 45.0 Å². The van der Waals surface area contributed by atoms with Crippen LogP contribution in [0.4, 0.5) is 0 Å². The van der Waals surface area contributed by atoms with Crippen molar-refractivity contribution in [2.45, 2.75) is 26.7 Å². The minimum Gasteiger partial charge on any atom is -0.396 e. The number of aryl methyl sites for hydroxylation is 3. The molecule has 0 bridgehead atoms. The highest BCUT2D eigenvalue weighted by Crippen LogP contribution is 2.25. The number of hydrogen-bond acceptors (Lipinski definition) is 4. The van der Waals surface area contributed by atoms with Crippen LogP contribution in [0.2, 0.25) is 0 Å². The summed E-state index contributed by atoms with van der Waals surface area (Å²) in [5, 5.41) is 9.61. The Kier molecular flexibility index (Phi) is 5.63. The number of aliphatic hydroxyl groups is 1. The molecule has 2 atom stereocenters. The predicted molar refractivity (Wildman–Crippen MR) is 103 cm³/mol. The van der Waals surface area contributed by atoms with E-state index in [1.165, 1.54) is 11.1 Å². The molecule has 1 aliphatic rings. The normalized spacial score (nSPS) is 20.5. The van der Waals surface area contributed by atoms with Crippen molar-refractivity contribution in [2.24, 2.45) is 11.8 Å². The van der Waals surface area contributed by atoms with E-state index in [4.69, 9.17) is 0 Å². The summed E-state index contributed by atoms with van der Waals surface area (Å²) in [6.07, 6.45) is 1.06. The first kappa shape index (κ1) is 18.9. The van der Waals surface area contributed by atoms with E-state index in [9.17, 15) is 9.90 Å². The number of rotatable bonds is 6. The second kappa shape index (κ2) is 7.76. The summed E-state index contributed by atoms with van der Waals surface area (Å²) in [6.45, 7) is 6.61. The number of carbonyl (C=O) groups excluding carboxylic acids is 1. The molecule has 6 heteroatoms. The van der Waals surface area contributed by atoms with Gasteiger partial charge in [-0.15, -0.1) is 0 Å². The highest BCUT2D eigenvalue weighted by Gasteiger charge is 2.34. The zero-order valence-corrected chi connectivity index (χ0v) is 16.2. The zero-order chi connectivity index (χ0) is 18.8. The number of benzene rings is 1. The number of likely N-dealkylation sites (tertiary alicyclic amines) is 1. The number of H-pyrrole nitrogens is 1. The maximum absolute atomic E-state index is 12.6. The monoisotopic (exact) mass is 358 g/mol. The van der Waals surface area contributed by atoms with Gasteiger partial charge in [-0.2, -0.15) is 0 Å². The average molecular weight is 358 g/mol. The summed E-state index contributed by atoms with van der Waals surface area (Å²) in [7, 11) is 4.06. The molecule has 1 aliphatic heterocycles. The quantitative estimate of drug-likeness (QED) is 0.825. The number of nitrogens with zero attached hydrogens (tertiary/aromatic N) is 3. The Morgan fingerprint density at radius 1 is 1.31 bits per heavy atom. The standard InChI is InChI=1S/C20H30N4O2/c1-13-5-6-17-20(14(13)2)22-18(21-17)7-8-19(26)24-10-15(9-23(3)4)16(11-24)12-25/h5-6,15-16,25H,7-12H2,1-4H3,(H,21,22)/t15-,16-/m1/s1. The molecule has 1 saturated heterocycles. The van der Waals surface area contributed by atoms with Gasteiger partial charge in [-0.25, -0.2) is 4.98 Å². The van der Waals surface area contributed by atoms with Crippen molar-refractivity contribution in [1.82, 2.24) is 19.8 Å². The van der Waals surface area contributed by atoms with Gasteiger partial charge in [0.15, 0.2) is 0 Å². The first-order valence-electron chi connectivity index (χ1n) is 9.37. The molecule has 0 saturated carbocycles. The minimum absolute atomic E-state index is 0.143. The number of amides is 1. The number of aromatic amines is 1. The van der Waals surface area contributed by atoms with E-state index in [1.54, 1.807) is 0 Å². The number of aliphatic hydroxyl groups excluding tert-OH is 1. The van der Waals surface area contributed by atoms with Crippen molar-refractivity contribution in [3.05, 3.63) is 29.1 Å². The number of hydrogen-bond donors (Lipinski definition) is 2. The number of imidazole rings is 1. The highest BCUT2D eigenvalue weighted by molar-refractivity contribution is 5.80. The van der Waals surface area contributed by atoms with Gasteiger partial charge in [0.05, 0.1) is 11.0 Å². The lowest BCUT2D eigenvalue weighted by molar-refractivity contribution is -0.130. The molecule has 0 spiro atoms. The van der Waals surface area contributed by atoms with Crippen LogP contribution in [0.5, 0.6) is 0 Å². The van der Waals surface area contributed by atoms with Gasteiger partial charge in [0.2, 0.25) is 5.91 Å². The molecule has 1 amide bonds. The summed E-state index contributed by atoms with van der Waals surface area (Å²) in [6, 6.07) is 4.14. The van der Waals surface area contributed by atoms with Crippen molar-refractivity contribution in [3.63, 3.8) is 0 Å². The second-order valence-corrected chi connectivity index (χ2v) is 7.85. The van der Waals surface area contributed by atoms with Gasteiger partial charge in [0.1, 0.15) is 5.82 Å². The fourth-order valence-electron chi connectivity index (χ4n) is 3.89. The number of aromatic nitrogens is 2. The van der Waals surface area contributed by atoms with Crippen LogP contribution in [0.1, 0.15) is 23.4 Å². The van der Waals surface area contributed by atoms with E-state index in [0.29, 0.717) is 25.3 Å². The SMILES string of the molecule is Cc1ccc2[nH]c(CCC(=O)N3C[C@@H](CN(C)C)[C@@H](CO)C3)nc2c1C. The van der Waals surface area contributed by atoms with Crippen molar-refractivity contribution >= 4 is 16.9 Å². The van der Waals surface area contributed by atoms with Crippen LogP contribution in [0.15, 0.2) is 12.1 Å². The first-order chi connectivity index (χ1) is 12.4. The minimum atomic E-state index is 0.143. The van der Waals surface area contributed by atoms with E-state index >= 15 is 0 Å². The molecule has 1 aromatic heterocycles. The van der Waals surface area contributed by atoms with Crippen LogP contribution in [-0.4, -0.2) is 71.1 Å². The molecule has 26 heavy (non-hydrogen) atoms. The predicted octanol–water partition coefficient (Wildman–Crippen LogP) is 1.74. The Hall–Kier alpha value is -1.92. The largest absolute Gasteiger partial charge is 0.396 e. The fraction of sp³-hybridized carbons (Fsp3) is 0.600. The Labute approximate surface area is 155 Å². The van der Waals surface area contributed by atoms with E-state index in [-0.39, 0.29) is 18.4 Å². The molecule has 0 aliphatic carbocycles. The molecule has 2 heterocycles. The van der Waals surface area contributed by atoms with Crippen molar-refractivity contribution < 1.29 is 9.90 Å². The molecule has 0 unspecified atom stereocenters. The van der Waals surface area contributed by atoms with E-state index in [1.807, 2.05) is 25.1 Å². The van der Waals surface area contributed by atoms with Crippen LogP contribution < -0.4 is 0 Å². The van der Waals surface area contributed by atoms with Crippen LogP contribution in [0.3, 0.4) is 0 Å². The van der Waals surface area contributed by atoms with Gasteiger partial charge in [-0.05, 0) is 51.1 Å². The molecule has 3 rings (SSSR count). The summed E-state index contributed by atoms with van der Waals surface area (Å²) in [4.78, 5) is 24.7. The molecule has 142 valence electrons. The molecule has 2 N–H and O–H groups in total. The molecular weight excluding hydrogens is 328 g/mol. The van der Waals surface area contributed by atoms with Crippen molar-refractivity contribution in [1.29, 1.82) is 0 Å².